The number of nitrogens with zero attached hydrogens (tertiary/aromatic N) is 1. The van der Waals surface area contributed by atoms with Crippen molar-refractivity contribution in [1.29, 1.82) is 0 Å². The van der Waals surface area contributed by atoms with Crippen molar-refractivity contribution in [2.45, 2.75) is 32.6 Å². The lowest BCUT2D eigenvalue weighted by atomic mass is 10.2. The van der Waals surface area contributed by atoms with Crippen molar-refractivity contribution in [3.63, 3.8) is 0 Å². The molecule has 0 aromatic heterocycles. The number of anilines is 1. The quantitative estimate of drug-likeness (QED) is 0.652. The molecular formula is C14H22NO. The minimum absolute atomic E-state index is 0.799. The Morgan fingerprint density at radius 1 is 1.25 bits per heavy atom. The molecule has 0 N–H and O–H groups in total. The van der Waals surface area contributed by atoms with Gasteiger partial charge in [0.1, 0.15) is 5.75 Å². The van der Waals surface area contributed by atoms with Gasteiger partial charge in [-0.1, -0.05) is 26.2 Å². The normalized spacial score (nSPS) is 10.2. The molecule has 0 fully saturated rings. The van der Waals surface area contributed by atoms with Crippen LogP contribution in [0.25, 0.3) is 0 Å². The number of benzene rings is 1. The second-order valence-corrected chi connectivity index (χ2v) is 4.21. The number of unbranched alkanes of at least 4 members (excludes halogenated alkanes) is 3. The molecule has 89 valence electrons. The Kier molecular flexibility index (Phi) is 5.76. The lowest BCUT2D eigenvalue weighted by Gasteiger charge is -2.13. The molecule has 1 radical (unpaired) electrons. The fourth-order valence-electron chi connectivity index (χ4n) is 1.51. The summed E-state index contributed by atoms with van der Waals surface area (Å²) in [6.45, 7) is 3.02. The van der Waals surface area contributed by atoms with Crippen LogP contribution in [0, 0.1) is 6.07 Å². The Balaban J connectivity index is 2.33. The fourth-order valence-corrected chi connectivity index (χ4v) is 1.51. The molecular weight excluding hydrogens is 198 g/mol. The monoisotopic (exact) mass is 220 g/mol. The van der Waals surface area contributed by atoms with Crippen molar-refractivity contribution < 1.29 is 4.74 Å². The topological polar surface area (TPSA) is 12.5 Å². The first kappa shape index (κ1) is 12.9. The highest BCUT2D eigenvalue weighted by Crippen LogP contribution is 2.18. The highest BCUT2D eigenvalue weighted by atomic mass is 16.5. The third kappa shape index (κ3) is 4.56. The van der Waals surface area contributed by atoms with Gasteiger partial charge >= 0.3 is 0 Å². The molecule has 0 bridgehead atoms. The van der Waals surface area contributed by atoms with E-state index in [1.165, 1.54) is 19.3 Å². The zero-order valence-corrected chi connectivity index (χ0v) is 10.6. The molecule has 0 aliphatic carbocycles. The molecule has 1 aromatic rings. The summed E-state index contributed by atoms with van der Waals surface area (Å²) in [5.74, 6) is 0.850. The zero-order valence-electron chi connectivity index (χ0n) is 10.6. The Morgan fingerprint density at radius 2 is 2.06 bits per heavy atom. The number of hydrogen-bond acceptors (Lipinski definition) is 2. The molecule has 0 atom stereocenters. The van der Waals surface area contributed by atoms with E-state index in [1.54, 1.807) is 0 Å². The van der Waals surface area contributed by atoms with Crippen molar-refractivity contribution in [1.82, 2.24) is 0 Å². The van der Waals surface area contributed by atoms with Crippen LogP contribution >= 0.6 is 0 Å². The van der Waals surface area contributed by atoms with Crippen molar-refractivity contribution in [2.24, 2.45) is 0 Å². The Hall–Kier alpha value is -1.18. The summed E-state index contributed by atoms with van der Waals surface area (Å²) in [7, 11) is 4.06. The van der Waals surface area contributed by atoms with Crippen LogP contribution in [0.5, 0.6) is 5.75 Å². The molecule has 0 heterocycles. The Morgan fingerprint density at radius 3 is 2.75 bits per heavy atom. The number of ether oxygens (including phenoxy) is 1. The van der Waals surface area contributed by atoms with Gasteiger partial charge in [0.25, 0.3) is 0 Å². The molecule has 0 saturated carbocycles. The summed E-state index contributed by atoms with van der Waals surface area (Å²) < 4.78 is 5.66. The van der Waals surface area contributed by atoms with Gasteiger partial charge in [0.05, 0.1) is 6.61 Å². The van der Waals surface area contributed by atoms with Gasteiger partial charge in [-0.3, -0.25) is 0 Å². The van der Waals surface area contributed by atoms with E-state index in [-0.39, 0.29) is 0 Å². The molecule has 0 amide bonds. The van der Waals surface area contributed by atoms with E-state index in [2.05, 4.69) is 17.9 Å². The summed E-state index contributed by atoms with van der Waals surface area (Å²) in [6, 6.07) is 9.08. The predicted octanol–water partition coefficient (Wildman–Crippen LogP) is 3.51. The average molecular weight is 220 g/mol. The van der Waals surface area contributed by atoms with Crippen LogP contribution in [-0.4, -0.2) is 20.7 Å². The smallest absolute Gasteiger partial charge is 0.129 e. The molecule has 0 aliphatic rings. The Bertz CT molecular complexity index is 297. The summed E-state index contributed by atoms with van der Waals surface area (Å²) in [5, 5.41) is 0. The minimum Gasteiger partial charge on any atom is -0.493 e. The fraction of sp³-hybridized carbons (Fsp3) is 0.571. The van der Waals surface area contributed by atoms with E-state index in [0.717, 1.165) is 24.5 Å². The molecule has 1 aromatic carbocycles. The van der Waals surface area contributed by atoms with Crippen molar-refractivity contribution >= 4 is 5.69 Å². The van der Waals surface area contributed by atoms with E-state index < -0.39 is 0 Å². The third-order valence-electron chi connectivity index (χ3n) is 2.53. The van der Waals surface area contributed by atoms with E-state index >= 15 is 0 Å². The first-order chi connectivity index (χ1) is 7.74. The second-order valence-electron chi connectivity index (χ2n) is 4.21. The molecule has 0 aliphatic heterocycles. The summed E-state index contributed by atoms with van der Waals surface area (Å²) in [6.07, 6.45) is 4.95. The zero-order chi connectivity index (χ0) is 11.8. The predicted molar refractivity (Wildman–Crippen MR) is 69.2 cm³/mol. The van der Waals surface area contributed by atoms with Crippen LogP contribution < -0.4 is 9.64 Å². The van der Waals surface area contributed by atoms with Crippen LogP contribution in [0.4, 0.5) is 5.69 Å². The van der Waals surface area contributed by atoms with Crippen molar-refractivity contribution in [3.05, 3.63) is 24.3 Å². The lowest BCUT2D eigenvalue weighted by Crippen LogP contribution is -2.08. The maximum absolute atomic E-state index is 5.66. The molecule has 0 spiro atoms. The van der Waals surface area contributed by atoms with Crippen LogP contribution in [0.1, 0.15) is 32.6 Å². The molecule has 0 unspecified atom stereocenters. The summed E-state index contributed by atoms with van der Waals surface area (Å²) in [5.41, 5.74) is 1.15. The van der Waals surface area contributed by atoms with Gasteiger partial charge in [-0.15, -0.1) is 0 Å². The van der Waals surface area contributed by atoms with Gasteiger partial charge in [0.2, 0.25) is 0 Å². The Labute approximate surface area is 99.2 Å². The van der Waals surface area contributed by atoms with Crippen molar-refractivity contribution in [2.75, 3.05) is 25.6 Å². The van der Waals surface area contributed by atoms with Gasteiger partial charge < -0.3 is 9.64 Å². The summed E-state index contributed by atoms with van der Waals surface area (Å²) in [4.78, 5) is 2.07. The highest BCUT2D eigenvalue weighted by Gasteiger charge is 1.98. The minimum atomic E-state index is 0.799. The van der Waals surface area contributed by atoms with Crippen LogP contribution in [0.3, 0.4) is 0 Å². The standard InChI is InChI=1S/C14H22NO/c1-4-5-6-7-11-16-14-10-8-9-13(12-14)15(2)3/h8-9,12H,4-7,11H2,1-3H3. The lowest BCUT2D eigenvalue weighted by molar-refractivity contribution is 0.304. The van der Waals surface area contributed by atoms with Crippen LogP contribution in [-0.2, 0) is 0 Å². The highest BCUT2D eigenvalue weighted by molar-refractivity contribution is 5.48. The third-order valence-corrected chi connectivity index (χ3v) is 2.53. The van der Waals surface area contributed by atoms with E-state index in [9.17, 15) is 0 Å². The van der Waals surface area contributed by atoms with E-state index in [1.807, 2.05) is 32.3 Å². The molecule has 2 heteroatoms. The molecule has 16 heavy (non-hydrogen) atoms. The number of rotatable bonds is 7. The van der Waals surface area contributed by atoms with E-state index in [0.29, 0.717) is 0 Å². The summed E-state index contributed by atoms with van der Waals surface area (Å²) >= 11 is 0. The molecule has 0 saturated heterocycles. The largest absolute Gasteiger partial charge is 0.493 e. The molecule has 2 nitrogen and oxygen atoms in total. The average Bonchev–Trinajstić information content (AvgIpc) is 2.29. The maximum atomic E-state index is 5.66. The van der Waals surface area contributed by atoms with Gasteiger partial charge in [-0.05, 0) is 18.6 Å². The van der Waals surface area contributed by atoms with Crippen LogP contribution in [0.15, 0.2) is 18.2 Å². The molecule has 1 rings (SSSR count). The van der Waals surface area contributed by atoms with Gasteiger partial charge in [0, 0.05) is 31.9 Å². The van der Waals surface area contributed by atoms with Crippen LogP contribution in [0.2, 0.25) is 0 Å². The first-order valence-electron chi connectivity index (χ1n) is 6.06. The van der Waals surface area contributed by atoms with Gasteiger partial charge in [-0.25, -0.2) is 0 Å². The SMILES string of the molecule is CCCCCCOc1[c]ccc(N(C)C)c1. The van der Waals surface area contributed by atoms with Gasteiger partial charge in [-0.2, -0.15) is 0 Å². The second kappa shape index (κ2) is 7.15. The van der Waals surface area contributed by atoms with E-state index in [4.69, 9.17) is 4.74 Å². The maximum Gasteiger partial charge on any atom is 0.129 e. The first-order valence-corrected chi connectivity index (χ1v) is 6.06. The van der Waals surface area contributed by atoms with Crippen molar-refractivity contribution in [3.8, 4) is 5.75 Å². The van der Waals surface area contributed by atoms with Gasteiger partial charge in [0.15, 0.2) is 0 Å². The number of hydrogen-bond donors (Lipinski definition) is 0.